The molecule has 0 aromatic carbocycles. The zero-order valence-electron chi connectivity index (χ0n) is 12.2. The van der Waals surface area contributed by atoms with Crippen LogP contribution in [0, 0.1) is 0 Å². The van der Waals surface area contributed by atoms with Crippen molar-refractivity contribution in [3.8, 4) is 0 Å². The Hall–Kier alpha value is -1.52. The fraction of sp³-hybridized carbons (Fsp3) is 0.714. The molecule has 2 rings (SSSR count). The van der Waals surface area contributed by atoms with E-state index in [9.17, 15) is 4.79 Å². The van der Waals surface area contributed by atoms with Gasteiger partial charge in [-0.3, -0.25) is 9.58 Å². The van der Waals surface area contributed by atoms with Crippen LogP contribution in [0.2, 0.25) is 0 Å². The van der Waals surface area contributed by atoms with E-state index in [-0.39, 0.29) is 24.3 Å². The Morgan fingerprint density at radius 2 is 2.21 bits per heavy atom. The zero-order chi connectivity index (χ0) is 14.0. The normalized spacial score (nSPS) is 24.6. The van der Waals surface area contributed by atoms with Crippen molar-refractivity contribution in [3.05, 3.63) is 18.0 Å². The number of aryl methyl sites for hydroxylation is 1. The highest BCUT2D eigenvalue weighted by atomic mass is 16.6. The number of hydrogen-bond acceptors (Lipinski definition) is 3. The molecule has 0 bridgehead atoms. The van der Waals surface area contributed by atoms with E-state index in [2.05, 4.69) is 25.9 Å². The molecule has 5 nitrogen and oxygen atoms in total. The third kappa shape index (κ3) is 2.60. The van der Waals surface area contributed by atoms with Gasteiger partial charge in [-0.15, -0.1) is 0 Å². The molecule has 1 aromatic rings. The number of aromatic nitrogens is 2. The van der Waals surface area contributed by atoms with Crippen LogP contribution in [0.4, 0.5) is 4.79 Å². The Morgan fingerprint density at radius 1 is 1.47 bits per heavy atom. The lowest BCUT2D eigenvalue weighted by molar-refractivity contribution is 0.126. The molecule has 1 saturated heterocycles. The molecule has 1 aliphatic heterocycles. The number of hydrogen-bond donors (Lipinski definition) is 0. The third-order valence-electron chi connectivity index (χ3n) is 3.86. The second-order valence-electron chi connectivity index (χ2n) is 5.25. The maximum Gasteiger partial charge on any atom is 0.411 e. The van der Waals surface area contributed by atoms with Crippen molar-refractivity contribution < 1.29 is 9.53 Å². The molecule has 0 radical (unpaired) electrons. The van der Waals surface area contributed by atoms with Crippen LogP contribution in [-0.2, 0) is 11.8 Å². The average Bonchev–Trinajstić information content (AvgIpc) is 2.92. The maximum atomic E-state index is 12.1. The number of cyclic esters (lactones) is 1. The summed E-state index contributed by atoms with van der Waals surface area (Å²) in [5, 5.41) is 4.15. The highest BCUT2D eigenvalue weighted by Crippen LogP contribution is 2.34. The van der Waals surface area contributed by atoms with E-state index in [1.54, 1.807) is 10.9 Å². The Labute approximate surface area is 114 Å². The van der Waals surface area contributed by atoms with Crippen molar-refractivity contribution in [3.63, 3.8) is 0 Å². The van der Waals surface area contributed by atoms with Gasteiger partial charge in [0.15, 0.2) is 6.10 Å². The summed E-state index contributed by atoms with van der Waals surface area (Å²) in [4.78, 5) is 14.0. The monoisotopic (exact) mass is 265 g/mol. The van der Waals surface area contributed by atoms with Gasteiger partial charge in [0.25, 0.3) is 0 Å². The van der Waals surface area contributed by atoms with Crippen LogP contribution in [0.3, 0.4) is 0 Å². The minimum absolute atomic E-state index is 0.0631. The first kappa shape index (κ1) is 13.9. The Bertz CT molecular complexity index is 444. The van der Waals surface area contributed by atoms with Gasteiger partial charge in [-0.25, -0.2) is 4.79 Å². The van der Waals surface area contributed by atoms with Crippen LogP contribution in [0.1, 0.15) is 51.7 Å². The zero-order valence-corrected chi connectivity index (χ0v) is 12.2. The molecule has 1 aromatic heterocycles. The quantitative estimate of drug-likeness (QED) is 0.822. The van der Waals surface area contributed by atoms with Crippen molar-refractivity contribution in [2.75, 3.05) is 0 Å². The fourth-order valence-electron chi connectivity index (χ4n) is 2.87. The van der Waals surface area contributed by atoms with Gasteiger partial charge in [-0.1, -0.05) is 20.3 Å². The first-order valence-corrected chi connectivity index (χ1v) is 7.05. The molecule has 1 fully saturated rings. The minimum Gasteiger partial charge on any atom is -0.439 e. The Balaban J connectivity index is 2.18. The number of carbonyl (C=O) groups is 1. The van der Waals surface area contributed by atoms with Crippen LogP contribution >= 0.6 is 0 Å². The molecule has 0 N–H and O–H groups in total. The molecule has 1 unspecified atom stereocenters. The van der Waals surface area contributed by atoms with E-state index in [4.69, 9.17) is 4.74 Å². The van der Waals surface area contributed by atoms with Crippen LogP contribution in [-0.4, -0.2) is 32.9 Å². The van der Waals surface area contributed by atoms with E-state index in [1.807, 2.05) is 18.1 Å². The summed E-state index contributed by atoms with van der Waals surface area (Å²) in [5.74, 6) is 0. The van der Waals surface area contributed by atoms with E-state index < -0.39 is 0 Å². The molecule has 19 heavy (non-hydrogen) atoms. The predicted octanol–water partition coefficient (Wildman–Crippen LogP) is 2.88. The Kier molecular flexibility index (Phi) is 4.12. The van der Waals surface area contributed by atoms with Crippen molar-refractivity contribution in [2.24, 2.45) is 7.05 Å². The van der Waals surface area contributed by atoms with Gasteiger partial charge in [-0.05, 0) is 19.8 Å². The van der Waals surface area contributed by atoms with E-state index in [0.717, 1.165) is 24.8 Å². The summed E-state index contributed by atoms with van der Waals surface area (Å²) in [5.41, 5.74) is 0.970. The summed E-state index contributed by atoms with van der Waals surface area (Å²) in [6.07, 6.45) is 6.36. The van der Waals surface area contributed by atoms with Gasteiger partial charge in [0, 0.05) is 24.8 Å². The molecule has 3 atom stereocenters. The molecule has 1 aliphatic rings. The molecule has 2 heterocycles. The van der Waals surface area contributed by atoms with Gasteiger partial charge < -0.3 is 4.74 Å². The van der Waals surface area contributed by atoms with E-state index in [0.29, 0.717) is 0 Å². The first-order valence-electron chi connectivity index (χ1n) is 7.05. The number of rotatable bonds is 5. The lowest BCUT2D eigenvalue weighted by Gasteiger charge is -2.28. The molecule has 0 spiro atoms. The van der Waals surface area contributed by atoms with Crippen molar-refractivity contribution in [1.82, 2.24) is 14.7 Å². The van der Waals surface area contributed by atoms with Gasteiger partial charge in [0.2, 0.25) is 0 Å². The number of carbonyl (C=O) groups excluding carboxylic acids is 1. The molecule has 1 amide bonds. The predicted molar refractivity (Wildman–Crippen MR) is 72.7 cm³/mol. The van der Waals surface area contributed by atoms with Crippen LogP contribution in [0.5, 0.6) is 0 Å². The standard InChI is InChI=1S/C14H23N3O2/c1-5-7-12(6-2)17-10(3)13(19-14(17)18)11-8-15-16(4)9-11/h8-10,12-13H,5-7H2,1-4H3/t10-,12?,13-/m0/s1. The highest BCUT2D eigenvalue weighted by molar-refractivity contribution is 5.71. The highest BCUT2D eigenvalue weighted by Gasteiger charge is 2.42. The van der Waals surface area contributed by atoms with Crippen molar-refractivity contribution >= 4 is 6.09 Å². The summed E-state index contributed by atoms with van der Waals surface area (Å²) >= 11 is 0. The summed E-state index contributed by atoms with van der Waals surface area (Å²) < 4.78 is 7.29. The minimum atomic E-state index is -0.202. The topological polar surface area (TPSA) is 47.4 Å². The SMILES string of the molecule is CCCC(CC)N1C(=O)O[C@H](c2cnn(C)c2)[C@@H]1C. The van der Waals surface area contributed by atoms with Gasteiger partial charge >= 0.3 is 6.09 Å². The number of amides is 1. The average molecular weight is 265 g/mol. The summed E-state index contributed by atoms with van der Waals surface area (Å²) in [7, 11) is 1.87. The molecular weight excluding hydrogens is 242 g/mol. The molecular formula is C14H23N3O2. The van der Waals surface area contributed by atoms with Crippen molar-refractivity contribution in [1.29, 1.82) is 0 Å². The van der Waals surface area contributed by atoms with Gasteiger partial charge in [-0.2, -0.15) is 5.10 Å². The second-order valence-corrected chi connectivity index (χ2v) is 5.25. The smallest absolute Gasteiger partial charge is 0.411 e. The largest absolute Gasteiger partial charge is 0.439 e. The van der Waals surface area contributed by atoms with E-state index >= 15 is 0 Å². The van der Waals surface area contributed by atoms with Crippen molar-refractivity contribution in [2.45, 2.75) is 58.2 Å². The first-order chi connectivity index (χ1) is 9.08. The third-order valence-corrected chi connectivity index (χ3v) is 3.86. The molecule has 0 aliphatic carbocycles. The second kappa shape index (κ2) is 5.63. The number of nitrogens with zero attached hydrogens (tertiary/aromatic N) is 3. The maximum absolute atomic E-state index is 12.1. The lowest BCUT2D eigenvalue weighted by Crippen LogP contribution is -2.40. The van der Waals surface area contributed by atoms with Gasteiger partial charge in [0.05, 0.1) is 12.2 Å². The number of ether oxygens (including phenoxy) is 1. The summed E-state index contributed by atoms with van der Waals surface area (Å²) in [6.45, 7) is 6.33. The van der Waals surface area contributed by atoms with E-state index in [1.165, 1.54) is 0 Å². The van der Waals surface area contributed by atoms with Gasteiger partial charge in [0.1, 0.15) is 0 Å². The Morgan fingerprint density at radius 3 is 2.74 bits per heavy atom. The van der Waals surface area contributed by atoms with Crippen LogP contribution in [0.25, 0.3) is 0 Å². The molecule has 0 saturated carbocycles. The van der Waals surface area contributed by atoms with Crippen LogP contribution in [0.15, 0.2) is 12.4 Å². The summed E-state index contributed by atoms with van der Waals surface area (Å²) in [6, 6.07) is 0.336. The van der Waals surface area contributed by atoms with Crippen LogP contribution < -0.4 is 0 Å². The lowest BCUT2D eigenvalue weighted by atomic mass is 10.0. The molecule has 106 valence electrons. The molecule has 5 heteroatoms. The fourth-order valence-corrected chi connectivity index (χ4v) is 2.87.